The van der Waals surface area contributed by atoms with Gasteiger partial charge in [0.1, 0.15) is 6.04 Å². The third kappa shape index (κ3) is 3.86. The van der Waals surface area contributed by atoms with Crippen LogP contribution in [0.25, 0.3) is 0 Å². The third-order valence-electron chi connectivity index (χ3n) is 4.01. The topological polar surface area (TPSA) is 55.8 Å². The highest BCUT2D eigenvalue weighted by Crippen LogP contribution is 2.37. The van der Waals surface area contributed by atoms with Gasteiger partial charge >= 0.3 is 11.9 Å². The summed E-state index contributed by atoms with van der Waals surface area (Å²) >= 11 is 7.68. The van der Waals surface area contributed by atoms with E-state index in [1.165, 1.54) is 18.3 Å². The van der Waals surface area contributed by atoms with E-state index in [1.54, 1.807) is 30.3 Å². The first-order valence-corrected chi connectivity index (χ1v) is 8.85. The molecule has 1 aliphatic rings. The number of thiophene rings is 1. The average molecular weight is 383 g/mol. The fourth-order valence-electron chi connectivity index (χ4n) is 2.97. The van der Waals surface area contributed by atoms with Crippen molar-refractivity contribution in [2.75, 3.05) is 13.6 Å². The van der Waals surface area contributed by atoms with E-state index in [4.69, 9.17) is 25.2 Å². The third-order valence-corrected chi connectivity index (χ3v) is 5.47. The molecule has 0 fully saturated rings. The maximum atomic E-state index is 12.7. The lowest BCUT2D eigenvalue weighted by molar-refractivity contribution is -0.147. The Morgan fingerprint density at radius 3 is 2.92 bits per heavy atom. The molecule has 3 rings (SSSR count). The summed E-state index contributed by atoms with van der Waals surface area (Å²) in [4.78, 5) is 26.8. The summed E-state index contributed by atoms with van der Waals surface area (Å²) in [5, 5.41) is 0.852. The van der Waals surface area contributed by atoms with E-state index in [2.05, 4.69) is 0 Å². The van der Waals surface area contributed by atoms with Crippen LogP contribution in [0.1, 0.15) is 33.1 Å². The maximum Gasteiger partial charge on any atom is 0.327 e. The number of ether oxygens (including phenoxy) is 2. The number of rotatable bonds is 4. The highest BCUT2D eigenvalue weighted by Gasteiger charge is 2.33. The number of methoxy groups -OCH3 is 1. The first-order valence-electron chi connectivity index (χ1n) is 9.15. The number of hydrogen-bond acceptors (Lipinski definition) is 6. The highest BCUT2D eigenvalue weighted by atomic mass is 35.5. The number of esters is 2. The van der Waals surface area contributed by atoms with E-state index in [0.29, 0.717) is 35.2 Å². The average Bonchev–Trinajstić information content (AvgIpc) is 2.96. The van der Waals surface area contributed by atoms with E-state index in [-0.39, 0.29) is 0 Å². The van der Waals surface area contributed by atoms with Gasteiger partial charge in [-0.05, 0) is 29.7 Å². The Hall–Kier alpha value is -1.89. The second kappa shape index (κ2) is 7.56. The minimum Gasteiger partial charge on any atom is -0.468 e. The molecule has 0 saturated heterocycles. The lowest BCUT2D eigenvalue weighted by Gasteiger charge is -2.33. The van der Waals surface area contributed by atoms with Crippen LogP contribution in [0, 0.1) is 0 Å². The van der Waals surface area contributed by atoms with E-state index in [9.17, 15) is 9.59 Å². The number of benzene rings is 1. The summed E-state index contributed by atoms with van der Waals surface area (Å²) in [5.74, 6) is -1.28. The molecular weight excluding hydrogens is 362 g/mol. The molecule has 1 aromatic heterocycles. The smallest absolute Gasteiger partial charge is 0.327 e. The molecule has 0 spiro atoms. The standard InChI is InChI=1S/C18H18ClNO4S/c1-11(21)24-16-9-12-10-20(8-7-15(12)25-16)17(18(22)23-2)13-5-3-4-6-14(13)19/h3-6,9,17H,7-8,10H2,1-2H3/t17-/m0/s1/i2D3. The second-order valence-corrected chi connectivity index (χ2v) is 7.18. The second-order valence-electron chi connectivity index (χ2n) is 5.67. The molecule has 0 bridgehead atoms. The molecule has 25 heavy (non-hydrogen) atoms. The van der Waals surface area contributed by atoms with Crippen LogP contribution in [-0.4, -0.2) is 30.4 Å². The summed E-state index contributed by atoms with van der Waals surface area (Å²) in [6, 6.07) is 7.60. The zero-order chi connectivity index (χ0) is 20.5. The van der Waals surface area contributed by atoms with Gasteiger partial charge in [-0.1, -0.05) is 29.8 Å². The Morgan fingerprint density at radius 1 is 1.40 bits per heavy atom. The zero-order valence-electron chi connectivity index (χ0n) is 16.5. The lowest BCUT2D eigenvalue weighted by atomic mass is 10.0. The predicted octanol–water partition coefficient (Wildman–Crippen LogP) is 3.60. The number of carbonyl (C=O) groups is 2. The van der Waals surface area contributed by atoms with Gasteiger partial charge in [-0.3, -0.25) is 9.69 Å². The van der Waals surface area contributed by atoms with Crippen molar-refractivity contribution in [3.8, 4) is 5.06 Å². The predicted molar refractivity (Wildman–Crippen MR) is 96.0 cm³/mol. The molecule has 0 N–H and O–H groups in total. The van der Waals surface area contributed by atoms with E-state index < -0.39 is 25.0 Å². The van der Waals surface area contributed by atoms with Crippen LogP contribution in [0.15, 0.2) is 30.3 Å². The Balaban J connectivity index is 1.91. The molecule has 5 nitrogen and oxygen atoms in total. The minimum atomic E-state index is -2.84. The largest absolute Gasteiger partial charge is 0.468 e. The number of hydrogen-bond donors (Lipinski definition) is 0. The molecule has 132 valence electrons. The summed E-state index contributed by atoms with van der Waals surface area (Å²) < 4.78 is 31.6. The fraction of sp³-hybridized carbons (Fsp3) is 0.333. The minimum absolute atomic E-state index is 0.353. The van der Waals surface area contributed by atoms with Crippen molar-refractivity contribution in [2.24, 2.45) is 0 Å². The van der Waals surface area contributed by atoms with Crippen LogP contribution in [0.5, 0.6) is 5.06 Å². The highest BCUT2D eigenvalue weighted by molar-refractivity contribution is 7.14. The Labute approximate surface area is 159 Å². The van der Waals surface area contributed by atoms with Crippen LogP contribution >= 0.6 is 22.9 Å². The normalized spacial score (nSPS) is 17.6. The molecule has 1 atom stereocenters. The summed E-state index contributed by atoms with van der Waals surface area (Å²) in [7, 11) is -2.84. The quantitative estimate of drug-likeness (QED) is 0.756. The number of fused-ring (bicyclic) bond motifs is 1. The molecule has 2 aromatic rings. The molecule has 1 aliphatic heterocycles. The molecule has 7 heteroatoms. The molecule has 0 amide bonds. The Morgan fingerprint density at radius 2 is 2.20 bits per heavy atom. The van der Waals surface area contributed by atoms with Crippen molar-refractivity contribution in [1.82, 2.24) is 4.90 Å². The summed E-state index contributed by atoms with van der Waals surface area (Å²) in [6.45, 7) is 2.21. The van der Waals surface area contributed by atoms with Crippen molar-refractivity contribution < 1.29 is 23.2 Å². The van der Waals surface area contributed by atoms with Crippen molar-refractivity contribution in [1.29, 1.82) is 0 Å². The Bertz CT molecular complexity index is 899. The van der Waals surface area contributed by atoms with Gasteiger partial charge in [0.25, 0.3) is 0 Å². The van der Waals surface area contributed by atoms with Crippen LogP contribution in [0.4, 0.5) is 0 Å². The van der Waals surface area contributed by atoms with Crippen molar-refractivity contribution in [2.45, 2.75) is 25.9 Å². The molecule has 1 aromatic carbocycles. The van der Waals surface area contributed by atoms with Gasteiger partial charge in [-0.15, -0.1) is 11.3 Å². The van der Waals surface area contributed by atoms with Gasteiger partial charge in [0.05, 0.1) is 11.2 Å². The van der Waals surface area contributed by atoms with Crippen LogP contribution in [-0.2, 0) is 27.3 Å². The monoisotopic (exact) mass is 382 g/mol. The molecule has 0 saturated carbocycles. The van der Waals surface area contributed by atoms with Gasteiger partial charge in [0, 0.05) is 29.9 Å². The van der Waals surface area contributed by atoms with Crippen molar-refractivity contribution in [3.63, 3.8) is 0 Å². The van der Waals surface area contributed by atoms with Crippen LogP contribution in [0.3, 0.4) is 0 Å². The van der Waals surface area contributed by atoms with E-state index in [0.717, 1.165) is 10.4 Å². The molecular formula is C18H18ClNO4S. The van der Waals surface area contributed by atoms with Gasteiger partial charge in [0.15, 0.2) is 5.06 Å². The maximum absolute atomic E-state index is 12.7. The van der Waals surface area contributed by atoms with E-state index >= 15 is 0 Å². The Kier molecular flexibility index (Phi) is 4.32. The van der Waals surface area contributed by atoms with Gasteiger partial charge in [-0.2, -0.15) is 0 Å². The van der Waals surface area contributed by atoms with Crippen molar-refractivity contribution in [3.05, 3.63) is 51.4 Å². The molecule has 2 heterocycles. The van der Waals surface area contributed by atoms with Crippen LogP contribution < -0.4 is 4.74 Å². The molecule has 0 radical (unpaired) electrons. The summed E-state index contributed by atoms with van der Waals surface area (Å²) in [6.07, 6.45) is 0.628. The van der Waals surface area contributed by atoms with E-state index in [1.807, 2.05) is 4.90 Å². The fourth-order valence-corrected chi connectivity index (χ4v) is 4.26. The first kappa shape index (κ1) is 14.3. The van der Waals surface area contributed by atoms with Gasteiger partial charge < -0.3 is 9.47 Å². The number of carbonyl (C=O) groups excluding carboxylic acids is 2. The number of halogens is 1. The SMILES string of the molecule is [2H]C([2H])([2H])OC(=O)[C@H](c1ccccc1Cl)N1CCc2sc(OC(C)=O)cc2C1. The van der Waals surface area contributed by atoms with Crippen LogP contribution in [0.2, 0.25) is 5.02 Å². The van der Waals surface area contributed by atoms with Crippen molar-refractivity contribution >= 4 is 34.9 Å². The first-order chi connectivity index (χ1) is 13.1. The van der Waals surface area contributed by atoms with Gasteiger partial charge in [0.2, 0.25) is 0 Å². The van der Waals surface area contributed by atoms with Gasteiger partial charge in [-0.25, -0.2) is 4.79 Å². The summed E-state index contributed by atoms with van der Waals surface area (Å²) in [5.41, 5.74) is 1.41. The molecule has 0 unspecified atom stereocenters. The number of nitrogens with zero attached hydrogens (tertiary/aromatic N) is 1. The molecule has 0 aliphatic carbocycles. The lowest BCUT2D eigenvalue weighted by Crippen LogP contribution is -2.38. The zero-order valence-corrected chi connectivity index (χ0v) is 15.0.